The predicted octanol–water partition coefficient (Wildman–Crippen LogP) is 2.44. The van der Waals surface area contributed by atoms with Crippen LogP contribution >= 0.6 is 11.6 Å². The molecule has 1 aromatic carbocycles. The highest BCUT2D eigenvalue weighted by Crippen LogP contribution is 2.23. The minimum absolute atomic E-state index is 0.110. The number of aromatic nitrogens is 2. The Bertz CT molecular complexity index is 788. The number of anilines is 1. The Morgan fingerprint density at radius 1 is 1.45 bits per heavy atom. The number of benzene rings is 1. The predicted molar refractivity (Wildman–Crippen MR) is 78.9 cm³/mol. The lowest BCUT2D eigenvalue weighted by molar-refractivity contribution is 0.184. The molecule has 3 rings (SSSR count). The molecule has 1 atom stereocenters. The summed E-state index contributed by atoms with van der Waals surface area (Å²) in [5.41, 5.74) is 0.326. The maximum atomic E-state index is 13.1. The van der Waals surface area contributed by atoms with E-state index in [1.54, 1.807) is 10.9 Å². The lowest BCUT2D eigenvalue weighted by atomic mass is 10.3. The monoisotopic (exact) mass is 345 g/mol. The first-order valence-corrected chi connectivity index (χ1v) is 8.41. The molecule has 6 nitrogen and oxygen atoms in total. The highest BCUT2D eigenvalue weighted by Gasteiger charge is 2.20. The SMILES string of the molecule is O=S(=O)(Nc1cnn(C2CCOC2)c1)c1ccc(F)c(Cl)c1. The molecule has 1 fully saturated rings. The molecular formula is C13H13ClFN3O3S. The maximum absolute atomic E-state index is 13.1. The van der Waals surface area contributed by atoms with Gasteiger partial charge in [-0.3, -0.25) is 9.40 Å². The standard InChI is InChI=1S/C13H13ClFN3O3S/c14-12-5-11(1-2-13(12)15)22(19,20)17-9-6-16-18(7-9)10-3-4-21-8-10/h1-2,5-7,10,17H,3-4,8H2. The van der Waals surface area contributed by atoms with Crippen LogP contribution in [0.1, 0.15) is 12.5 Å². The van der Waals surface area contributed by atoms with Gasteiger partial charge >= 0.3 is 0 Å². The van der Waals surface area contributed by atoms with Crippen molar-refractivity contribution >= 4 is 27.3 Å². The van der Waals surface area contributed by atoms with E-state index in [1.807, 2.05) is 0 Å². The van der Waals surface area contributed by atoms with Crippen molar-refractivity contribution in [2.75, 3.05) is 17.9 Å². The van der Waals surface area contributed by atoms with E-state index >= 15 is 0 Å². The van der Waals surface area contributed by atoms with Gasteiger partial charge < -0.3 is 4.74 Å². The van der Waals surface area contributed by atoms with E-state index in [0.29, 0.717) is 18.9 Å². The van der Waals surface area contributed by atoms with Gasteiger partial charge in [-0.1, -0.05) is 11.6 Å². The van der Waals surface area contributed by atoms with Crippen LogP contribution in [0, 0.1) is 5.82 Å². The zero-order valence-electron chi connectivity index (χ0n) is 11.4. The van der Waals surface area contributed by atoms with E-state index in [0.717, 1.165) is 24.6 Å². The number of rotatable bonds is 4. The number of nitrogens with zero attached hydrogens (tertiary/aromatic N) is 2. The molecule has 1 saturated heterocycles. The highest BCUT2D eigenvalue weighted by atomic mass is 35.5. The molecule has 1 aliphatic heterocycles. The molecule has 2 heterocycles. The van der Waals surface area contributed by atoms with Gasteiger partial charge in [0.1, 0.15) is 5.82 Å². The van der Waals surface area contributed by atoms with Crippen LogP contribution in [0.5, 0.6) is 0 Å². The van der Waals surface area contributed by atoms with E-state index in [-0.39, 0.29) is 16.0 Å². The van der Waals surface area contributed by atoms with Crippen LogP contribution in [-0.2, 0) is 14.8 Å². The molecule has 1 aliphatic rings. The second-order valence-corrected chi connectivity index (χ2v) is 7.00. The normalized spacial score (nSPS) is 18.5. The fourth-order valence-corrected chi connectivity index (χ4v) is 3.48. The average Bonchev–Trinajstić information content (AvgIpc) is 3.11. The molecule has 22 heavy (non-hydrogen) atoms. The quantitative estimate of drug-likeness (QED) is 0.923. The zero-order valence-corrected chi connectivity index (χ0v) is 12.9. The molecular weight excluding hydrogens is 333 g/mol. The zero-order chi connectivity index (χ0) is 15.7. The molecule has 0 aliphatic carbocycles. The maximum Gasteiger partial charge on any atom is 0.262 e. The number of nitrogens with one attached hydrogen (secondary N) is 1. The van der Waals surface area contributed by atoms with Crippen molar-refractivity contribution in [3.8, 4) is 0 Å². The van der Waals surface area contributed by atoms with Crippen molar-refractivity contribution in [2.24, 2.45) is 0 Å². The molecule has 2 aromatic rings. The summed E-state index contributed by atoms with van der Waals surface area (Å²) in [5.74, 6) is -0.672. The van der Waals surface area contributed by atoms with Crippen molar-refractivity contribution in [1.29, 1.82) is 0 Å². The van der Waals surface area contributed by atoms with E-state index in [2.05, 4.69) is 9.82 Å². The largest absolute Gasteiger partial charge is 0.379 e. The van der Waals surface area contributed by atoms with Crippen LogP contribution in [0.2, 0.25) is 5.02 Å². The third-order valence-corrected chi connectivity index (χ3v) is 5.00. The van der Waals surface area contributed by atoms with Gasteiger partial charge in [0.05, 0.1) is 34.5 Å². The van der Waals surface area contributed by atoms with Crippen LogP contribution in [-0.4, -0.2) is 31.4 Å². The third-order valence-electron chi connectivity index (χ3n) is 3.33. The van der Waals surface area contributed by atoms with Crippen LogP contribution in [0.25, 0.3) is 0 Å². The Labute approximate surface area is 131 Å². The summed E-state index contributed by atoms with van der Waals surface area (Å²) >= 11 is 5.62. The summed E-state index contributed by atoms with van der Waals surface area (Å²) in [6.07, 6.45) is 3.85. The number of sulfonamides is 1. The van der Waals surface area contributed by atoms with Gasteiger partial charge in [-0.15, -0.1) is 0 Å². The molecule has 0 bridgehead atoms. The molecule has 1 unspecified atom stereocenters. The summed E-state index contributed by atoms with van der Waals surface area (Å²) in [7, 11) is -3.85. The van der Waals surface area contributed by atoms with Gasteiger partial charge in [0.15, 0.2) is 0 Å². The summed E-state index contributed by atoms with van der Waals surface area (Å²) < 4.78 is 46.9. The first kappa shape index (κ1) is 15.3. The minimum Gasteiger partial charge on any atom is -0.379 e. The molecule has 0 radical (unpaired) electrons. The van der Waals surface area contributed by atoms with Gasteiger partial charge in [-0.05, 0) is 24.6 Å². The highest BCUT2D eigenvalue weighted by molar-refractivity contribution is 7.92. The summed E-state index contributed by atoms with van der Waals surface area (Å²) in [4.78, 5) is -0.115. The van der Waals surface area contributed by atoms with Crippen LogP contribution in [0.4, 0.5) is 10.1 Å². The van der Waals surface area contributed by atoms with E-state index < -0.39 is 15.8 Å². The second kappa shape index (κ2) is 5.86. The Hall–Kier alpha value is -1.64. The van der Waals surface area contributed by atoms with Crippen LogP contribution < -0.4 is 4.72 Å². The summed E-state index contributed by atoms with van der Waals surface area (Å²) in [6.45, 7) is 1.22. The van der Waals surface area contributed by atoms with Gasteiger partial charge in [0, 0.05) is 12.8 Å². The Morgan fingerprint density at radius 2 is 2.27 bits per heavy atom. The topological polar surface area (TPSA) is 73.2 Å². The number of hydrogen-bond donors (Lipinski definition) is 1. The van der Waals surface area contributed by atoms with E-state index in [4.69, 9.17) is 16.3 Å². The molecule has 118 valence electrons. The van der Waals surface area contributed by atoms with Crippen molar-refractivity contribution in [3.63, 3.8) is 0 Å². The molecule has 1 N–H and O–H groups in total. The summed E-state index contributed by atoms with van der Waals surface area (Å²) in [5, 5.41) is 3.88. The van der Waals surface area contributed by atoms with Crippen molar-refractivity contribution in [3.05, 3.63) is 41.4 Å². The van der Waals surface area contributed by atoms with Crippen molar-refractivity contribution in [1.82, 2.24) is 9.78 Å². The number of ether oxygens (including phenoxy) is 1. The molecule has 1 aromatic heterocycles. The van der Waals surface area contributed by atoms with E-state index in [9.17, 15) is 12.8 Å². The van der Waals surface area contributed by atoms with Crippen LogP contribution in [0.15, 0.2) is 35.5 Å². The minimum atomic E-state index is -3.85. The van der Waals surface area contributed by atoms with Gasteiger partial charge in [0.25, 0.3) is 10.0 Å². The van der Waals surface area contributed by atoms with Gasteiger partial charge in [-0.2, -0.15) is 5.10 Å². The first-order chi connectivity index (χ1) is 10.5. The summed E-state index contributed by atoms with van der Waals surface area (Å²) in [6, 6.07) is 3.34. The van der Waals surface area contributed by atoms with Gasteiger partial charge in [-0.25, -0.2) is 12.8 Å². The lowest BCUT2D eigenvalue weighted by Crippen LogP contribution is -2.13. The Kier molecular flexibility index (Phi) is 4.07. The lowest BCUT2D eigenvalue weighted by Gasteiger charge is -2.08. The van der Waals surface area contributed by atoms with Gasteiger partial charge in [0.2, 0.25) is 0 Å². The number of halogens is 2. The molecule has 0 spiro atoms. The average molecular weight is 346 g/mol. The Morgan fingerprint density at radius 3 is 2.95 bits per heavy atom. The smallest absolute Gasteiger partial charge is 0.262 e. The fraction of sp³-hybridized carbons (Fsp3) is 0.308. The third kappa shape index (κ3) is 3.08. The second-order valence-electron chi connectivity index (χ2n) is 4.91. The number of hydrogen-bond acceptors (Lipinski definition) is 4. The van der Waals surface area contributed by atoms with Crippen LogP contribution in [0.3, 0.4) is 0 Å². The molecule has 9 heteroatoms. The molecule has 0 amide bonds. The fourth-order valence-electron chi connectivity index (χ4n) is 2.18. The van der Waals surface area contributed by atoms with Crippen molar-refractivity contribution < 1.29 is 17.5 Å². The first-order valence-electron chi connectivity index (χ1n) is 6.55. The molecule has 0 saturated carbocycles. The Balaban J connectivity index is 1.80. The van der Waals surface area contributed by atoms with E-state index in [1.165, 1.54) is 6.20 Å². The van der Waals surface area contributed by atoms with Crippen molar-refractivity contribution in [2.45, 2.75) is 17.4 Å².